The molecule has 0 aromatic heterocycles. The second kappa shape index (κ2) is 4.93. The molecular formula is C10H19NS. The molecule has 0 saturated carbocycles. The van der Waals surface area contributed by atoms with Crippen molar-refractivity contribution in [2.45, 2.75) is 32.2 Å². The zero-order valence-electron chi connectivity index (χ0n) is 7.88. The minimum absolute atomic E-state index is 0.414. The predicted octanol–water partition coefficient (Wildman–Crippen LogP) is 2.42. The summed E-state index contributed by atoms with van der Waals surface area (Å²) in [6, 6.07) is 0.414. The summed E-state index contributed by atoms with van der Waals surface area (Å²) in [6.45, 7) is 5.97. The summed E-state index contributed by atoms with van der Waals surface area (Å²) in [7, 11) is 0. The fourth-order valence-electron chi connectivity index (χ4n) is 1.54. The Balaban J connectivity index is 2.17. The van der Waals surface area contributed by atoms with Gasteiger partial charge in [-0.25, -0.2) is 0 Å². The lowest BCUT2D eigenvalue weighted by Crippen LogP contribution is -2.29. The molecule has 1 nitrogen and oxygen atoms in total. The molecule has 2 unspecified atom stereocenters. The maximum absolute atomic E-state index is 6.07. The maximum atomic E-state index is 6.07. The van der Waals surface area contributed by atoms with Crippen LogP contribution in [0, 0.1) is 5.92 Å². The lowest BCUT2D eigenvalue weighted by Gasteiger charge is -2.17. The van der Waals surface area contributed by atoms with Crippen molar-refractivity contribution in [1.82, 2.24) is 0 Å². The lowest BCUT2D eigenvalue weighted by atomic mass is 9.95. The van der Waals surface area contributed by atoms with Gasteiger partial charge in [0, 0.05) is 6.04 Å². The van der Waals surface area contributed by atoms with Gasteiger partial charge in [0.25, 0.3) is 0 Å². The number of rotatable bonds is 4. The molecule has 1 aliphatic rings. The van der Waals surface area contributed by atoms with Crippen LogP contribution in [0.2, 0.25) is 0 Å². The molecule has 2 N–H and O–H groups in total. The minimum Gasteiger partial charge on any atom is -0.327 e. The van der Waals surface area contributed by atoms with Crippen molar-refractivity contribution >= 4 is 11.8 Å². The van der Waals surface area contributed by atoms with Gasteiger partial charge < -0.3 is 5.73 Å². The summed E-state index contributed by atoms with van der Waals surface area (Å²) in [5.41, 5.74) is 7.33. The molecule has 70 valence electrons. The van der Waals surface area contributed by atoms with Crippen molar-refractivity contribution in [2.75, 3.05) is 11.5 Å². The highest BCUT2D eigenvalue weighted by molar-refractivity contribution is 7.99. The first-order valence-corrected chi connectivity index (χ1v) is 5.83. The first-order chi connectivity index (χ1) is 5.70. The summed E-state index contributed by atoms with van der Waals surface area (Å²) in [5, 5.41) is 0. The van der Waals surface area contributed by atoms with Crippen LogP contribution >= 0.6 is 11.8 Å². The van der Waals surface area contributed by atoms with Gasteiger partial charge in [-0.2, -0.15) is 11.8 Å². The van der Waals surface area contributed by atoms with Crippen LogP contribution in [-0.4, -0.2) is 17.5 Å². The monoisotopic (exact) mass is 185 g/mol. The SMILES string of the molecule is C=C(C)CCC(N)C1CCSC1. The molecule has 1 rings (SSSR count). The van der Waals surface area contributed by atoms with Crippen LogP contribution in [0.1, 0.15) is 26.2 Å². The molecule has 0 aromatic rings. The van der Waals surface area contributed by atoms with Gasteiger partial charge in [0.15, 0.2) is 0 Å². The van der Waals surface area contributed by atoms with Crippen LogP contribution in [0.3, 0.4) is 0 Å². The number of allylic oxidation sites excluding steroid dienone is 1. The van der Waals surface area contributed by atoms with Crippen molar-refractivity contribution < 1.29 is 0 Å². The first-order valence-electron chi connectivity index (χ1n) is 4.68. The van der Waals surface area contributed by atoms with E-state index in [0.29, 0.717) is 6.04 Å². The molecule has 1 fully saturated rings. The summed E-state index contributed by atoms with van der Waals surface area (Å²) in [6.07, 6.45) is 3.55. The molecule has 2 heteroatoms. The van der Waals surface area contributed by atoms with E-state index >= 15 is 0 Å². The molecule has 0 aliphatic carbocycles. The Labute approximate surface area is 79.8 Å². The molecule has 0 radical (unpaired) electrons. The van der Waals surface area contributed by atoms with Crippen LogP contribution < -0.4 is 5.73 Å². The molecule has 2 atom stereocenters. The zero-order valence-corrected chi connectivity index (χ0v) is 8.70. The van der Waals surface area contributed by atoms with E-state index in [9.17, 15) is 0 Å². The van der Waals surface area contributed by atoms with E-state index in [1.165, 1.54) is 23.5 Å². The topological polar surface area (TPSA) is 26.0 Å². The minimum atomic E-state index is 0.414. The molecule has 0 bridgehead atoms. The Morgan fingerprint density at radius 1 is 1.75 bits per heavy atom. The summed E-state index contributed by atoms with van der Waals surface area (Å²) in [5.74, 6) is 3.36. The van der Waals surface area contributed by atoms with Crippen LogP contribution in [0.4, 0.5) is 0 Å². The Morgan fingerprint density at radius 3 is 3.00 bits per heavy atom. The largest absolute Gasteiger partial charge is 0.327 e. The molecule has 0 spiro atoms. The molecule has 12 heavy (non-hydrogen) atoms. The van der Waals surface area contributed by atoms with Gasteiger partial charge in [-0.3, -0.25) is 0 Å². The zero-order chi connectivity index (χ0) is 8.97. The highest BCUT2D eigenvalue weighted by Crippen LogP contribution is 2.27. The predicted molar refractivity (Wildman–Crippen MR) is 57.5 cm³/mol. The average molecular weight is 185 g/mol. The highest BCUT2D eigenvalue weighted by atomic mass is 32.2. The molecule has 0 aromatic carbocycles. The summed E-state index contributed by atoms with van der Waals surface area (Å²) < 4.78 is 0. The van der Waals surface area contributed by atoms with Gasteiger partial charge in [0.2, 0.25) is 0 Å². The van der Waals surface area contributed by atoms with Crippen LogP contribution in [0.5, 0.6) is 0 Å². The average Bonchev–Trinajstić information content (AvgIpc) is 2.51. The van der Waals surface area contributed by atoms with Crippen molar-refractivity contribution in [3.8, 4) is 0 Å². The third-order valence-electron chi connectivity index (χ3n) is 2.47. The Hall–Kier alpha value is 0.0500. The van der Waals surface area contributed by atoms with E-state index < -0.39 is 0 Å². The fraction of sp³-hybridized carbons (Fsp3) is 0.800. The number of hydrogen-bond acceptors (Lipinski definition) is 2. The van der Waals surface area contributed by atoms with Crippen molar-refractivity contribution in [2.24, 2.45) is 11.7 Å². The van der Waals surface area contributed by atoms with Crippen molar-refractivity contribution in [1.29, 1.82) is 0 Å². The molecule has 1 aliphatic heterocycles. The smallest absolute Gasteiger partial charge is 0.00783 e. The highest BCUT2D eigenvalue weighted by Gasteiger charge is 2.21. The van der Waals surface area contributed by atoms with Gasteiger partial charge in [0.05, 0.1) is 0 Å². The van der Waals surface area contributed by atoms with Gasteiger partial charge in [-0.05, 0) is 43.6 Å². The molecule has 1 saturated heterocycles. The molecule has 0 amide bonds. The summed E-state index contributed by atoms with van der Waals surface area (Å²) in [4.78, 5) is 0. The van der Waals surface area contributed by atoms with Gasteiger partial charge in [0.1, 0.15) is 0 Å². The van der Waals surface area contributed by atoms with Crippen molar-refractivity contribution in [3.05, 3.63) is 12.2 Å². The number of nitrogens with two attached hydrogens (primary N) is 1. The molecule has 1 heterocycles. The van der Waals surface area contributed by atoms with E-state index in [1.807, 2.05) is 11.8 Å². The number of hydrogen-bond donors (Lipinski definition) is 1. The van der Waals surface area contributed by atoms with Crippen LogP contribution in [-0.2, 0) is 0 Å². The Morgan fingerprint density at radius 2 is 2.50 bits per heavy atom. The summed E-state index contributed by atoms with van der Waals surface area (Å²) >= 11 is 2.04. The van der Waals surface area contributed by atoms with E-state index in [1.54, 1.807) is 0 Å². The van der Waals surface area contributed by atoms with Crippen LogP contribution in [0.15, 0.2) is 12.2 Å². The van der Waals surface area contributed by atoms with E-state index in [2.05, 4.69) is 13.5 Å². The van der Waals surface area contributed by atoms with Gasteiger partial charge in [-0.1, -0.05) is 5.57 Å². The Kier molecular flexibility index (Phi) is 4.16. The second-order valence-corrected chi connectivity index (χ2v) is 4.93. The van der Waals surface area contributed by atoms with Crippen molar-refractivity contribution in [3.63, 3.8) is 0 Å². The van der Waals surface area contributed by atoms with E-state index in [0.717, 1.165) is 18.8 Å². The number of thioether (sulfide) groups is 1. The standard InChI is InChI=1S/C10H19NS/c1-8(2)3-4-10(11)9-5-6-12-7-9/h9-10H,1,3-7,11H2,2H3. The molecular weight excluding hydrogens is 166 g/mol. The van der Waals surface area contributed by atoms with E-state index in [-0.39, 0.29) is 0 Å². The lowest BCUT2D eigenvalue weighted by molar-refractivity contribution is 0.440. The quantitative estimate of drug-likeness (QED) is 0.681. The second-order valence-electron chi connectivity index (χ2n) is 3.78. The van der Waals surface area contributed by atoms with Gasteiger partial charge >= 0.3 is 0 Å². The van der Waals surface area contributed by atoms with E-state index in [4.69, 9.17) is 5.73 Å². The normalized spacial score (nSPS) is 25.7. The maximum Gasteiger partial charge on any atom is 0.00783 e. The fourth-order valence-corrected chi connectivity index (χ4v) is 2.89. The first kappa shape index (κ1) is 10.1. The third-order valence-corrected chi connectivity index (χ3v) is 3.66. The third kappa shape index (κ3) is 3.20. The Bertz CT molecular complexity index is 150. The van der Waals surface area contributed by atoms with Gasteiger partial charge in [-0.15, -0.1) is 6.58 Å². The van der Waals surface area contributed by atoms with Crippen LogP contribution in [0.25, 0.3) is 0 Å².